The zero-order valence-corrected chi connectivity index (χ0v) is 45.7. The number of fused-ring (bicyclic) bond motifs is 2. The van der Waals surface area contributed by atoms with E-state index >= 15 is 0 Å². The molecule has 0 aliphatic carbocycles. The van der Waals surface area contributed by atoms with E-state index in [1.54, 1.807) is 48.2 Å². The Kier molecular flexibility index (Phi) is 21.3. The van der Waals surface area contributed by atoms with Crippen LogP contribution in [-0.2, 0) is 60.7 Å². The second-order valence-electron chi connectivity index (χ2n) is 19.6. The molecule has 0 bridgehead atoms. The first-order valence-corrected chi connectivity index (χ1v) is 26.0. The number of esters is 2. The lowest BCUT2D eigenvalue weighted by Crippen LogP contribution is -2.51. The molecule has 0 unspecified atom stereocenters. The molecule has 6 rings (SSSR count). The van der Waals surface area contributed by atoms with Crippen LogP contribution in [0, 0.1) is 11.8 Å². The van der Waals surface area contributed by atoms with Crippen molar-refractivity contribution in [2.75, 3.05) is 41.5 Å². The van der Waals surface area contributed by atoms with E-state index in [4.69, 9.17) is 57.4 Å². The van der Waals surface area contributed by atoms with E-state index in [2.05, 4.69) is 6.92 Å². The van der Waals surface area contributed by atoms with Crippen molar-refractivity contribution in [2.45, 2.75) is 154 Å². The van der Waals surface area contributed by atoms with Gasteiger partial charge in [0.25, 0.3) is 0 Å². The van der Waals surface area contributed by atoms with Gasteiger partial charge in [-0.25, -0.2) is 14.4 Å². The molecule has 2 fully saturated rings. The van der Waals surface area contributed by atoms with Crippen LogP contribution in [0.4, 0.5) is 9.59 Å². The molecule has 10 atom stereocenters. The van der Waals surface area contributed by atoms with Gasteiger partial charge in [-0.05, 0) is 103 Å². The molecule has 2 saturated heterocycles. The molecule has 2 aromatic rings. The second kappa shape index (κ2) is 26.4. The average Bonchev–Trinajstić information content (AvgIpc) is 3.96. The van der Waals surface area contributed by atoms with Crippen molar-refractivity contribution in [2.24, 2.45) is 21.8 Å². The Morgan fingerprint density at radius 3 is 1.54 bits per heavy atom. The smallest absolute Gasteiger partial charge is 0.416 e. The van der Waals surface area contributed by atoms with Crippen molar-refractivity contribution in [1.82, 2.24) is 9.80 Å². The van der Waals surface area contributed by atoms with Crippen LogP contribution >= 0.6 is 23.5 Å². The van der Waals surface area contributed by atoms with E-state index in [0.717, 1.165) is 22.6 Å². The Labute approximate surface area is 433 Å². The summed E-state index contributed by atoms with van der Waals surface area (Å²) in [4.78, 5) is 61.6. The number of nitrogens with zero attached hydrogens (tertiary/aromatic N) is 4. The SMILES string of the molecule is CCOC(=O)/C=C/[C@H]1O[C@@H]2SC(N(C)C(=O)OC(C)(C)C)=N[C@@H]2[C@@H](OCc2ccc(OC)cc2)[C@@H]1C.CCOC(=O)CC[C@H]1O[C@@H]2SC(N(C)C(=O)OC(C)(C)C)=N[C@@H]2[C@@H](OCc2ccc(OC)cc2)[C@@H]1C. The van der Waals surface area contributed by atoms with Gasteiger partial charge in [-0.15, -0.1) is 0 Å². The Morgan fingerprint density at radius 2 is 1.11 bits per heavy atom. The molecule has 4 aliphatic heterocycles. The van der Waals surface area contributed by atoms with Gasteiger partial charge in [0.15, 0.2) is 10.3 Å². The van der Waals surface area contributed by atoms with Gasteiger partial charge in [0.1, 0.15) is 45.7 Å². The number of ether oxygens (including phenoxy) is 10. The Morgan fingerprint density at radius 1 is 0.667 bits per heavy atom. The highest BCUT2D eigenvalue weighted by molar-refractivity contribution is 8.14. The minimum absolute atomic E-state index is 0.0329. The van der Waals surface area contributed by atoms with Gasteiger partial charge in [-0.2, -0.15) is 0 Å². The molecule has 2 amide bonds. The third-order valence-corrected chi connectivity index (χ3v) is 14.1. The van der Waals surface area contributed by atoms with Crippen molar-refractivity contribution in [3.63, 3.8) is 0 Å². The minimum Gasteiger partial charge on any atom is -0.497 e. The fourth-order valence-electron chi connectivity index (χ4n) is 7.94. The predicted molar refractivity (Wildman–Crippen MR) is 276 cm³/mol. The lowest BCUT2D eigenvalue weighted by Gasteiger charge is -2.41. The van der Waals surface area contributed by atoms with Crippen molar-refractivity contribution >= 4 is 58.0 Å². The van der Waals surface area contributed by atoms with Gasteiger partial charge < -0.3 is 47.4 Å². The number of rotatable bonds is 15. The van der Waals surface area contributed by atoms with Crippen LogP contribution < -0.4 is 9.47 Å². The Hall–Kier alpha value is -4.86. The van der Waals surface area contributed by atoms with Crippen LogP contribution in [0.3, 0.4) is 0 Å². The average molecular weight is 1040 g/mol. The third kappa shape index (κ3) is 16.6. The highest BCUT2D eigenvalue weighted by Gasteiger charge is 2.51. The predicted octanol–water partition coefficient (Wildman–Crippen LogP) is 9.02. The number of thioether (sulfide) groups is 2. The molecule has 4 heterocycles. The summed E-state index contributed by atoms with van der Waals surface area (Å²) >= 11 is 2.72. The van der Waals surface area contributed by atoms with Crippen molar-refractivity contribution < 1.29 is 66.5 Å². The number of amidine groups is 2. The maximum absolute atomic E-state index is 12.6. The standard InChI is InChI=1S/C26H38N2O7S.C26H36N2O7S/c2*1-8-32-20(29)14-13-19-16(2)22(33-15-17-9-11-18(31-7)12-10-17)21-23(34-19)36-24(27-21)28(6)25(30)35-26(3,4)5/h9-12,16,19,21-23H,8,13-15H2,1-7H3;9-14,16,19,21-23H,8,15H2,1-7H3/b;14-13+/t2*16-,19-,21-,22+,23-/m11/s1. The molecule has 0 spiro atoms. The molecular weight excluding hydrogens is 969 g/mol. The number of carbonyl (C=O) groups is 4. The molecule has 18 nitrogen and oxygen atoms in total. The highest BCUT2D eigenvalue weighted by atomic mass is 32.2. The first-order chi connectivity index (χ1) is 34.0. The largest absolute Gasteiger partial charge is 0.497 e. The number of methoxy groups -OCH3 is 2. The van der Waals surface area contributed by atoms with Gasteiger partial charge >= 0.3 is 24.1 Å². The highest BCUT2D eigenvalue weighted by Crippen LogP contribution is 2.43. The van der Waals surface area contributed by atoms with E-state index < -0.39 is 40.9 Å². The normalized spacial score (nSPS) is 25.6. The molecule has 398 valence electrons. The Bertz CT molecular complexity index is 2210. The molecule has 0 saturated carbocycles. The zero-order chi connectivity index (χ0) is 52.9. The summed E-state index contributed by atoms with van der Waals surface area (Å²) in [6.45, 7) is 19.9. The zero-order valence-electron chi connectivity index (χ0n) is 44.1. The Balaban J connectivity index is 0.000000267. The van der Waals surface area contributed by atoms with Crippen molar-refractivity contribution in [1.29, 1.82) is 0 Å². The summed E-state index contributed by atoms with van der Waals surface area (Å²) < 4.78 is 57.1. The topological polar surface area (TPSA) is 192 Å². The molecule has 2 aromatic carbocycles. The van der Waals surface area contributed by atoms with Crippen LogP contribution in [-0.4, -0.2) is 144 Å². The van der Waals surface area contributed by atoms with E-state index in [0.29, 0.717) is 43.2 Å². The lowest BCUT2D eigenvalue weighted by molar-refractivity contribution is -0.151. The van der Waals surface area contributed by atoms with Gasteiger partial charge in [0.05, 0.1) is 65.1 Å². The summed E-state index contributed by atoms with van der Waals surface area (Å²) in [5.41, 5.74) is 0.0305. The summed E-state index contributed by atoms with van der Waals surface area (Å²) in [6.07, 6.45) is 1.71. The minimum atomic E-state index is -0.625. The lowest BCUT2D eigenvalue weighted by atomic mass is 9.87. The maximum Gasteiger partial charge on any atom is 0.416 e. The number of benzene rings is 2. The van der Waals surface area contributed by atoms with Crippen LogP contribution in [0.5, 0.6) is 11.5 Å². The number of hydrogen-bond acceptors (Lipinski definition) is 18. The van der Waals surface area contributed by atoms with Crippen molar-refractivity contribution in [3.8, 4) is 11.5 Å². The van der Waals surface area contributed by atoms with Crippen LogP contribution in [0.15, 0.2) is 70.7 Å². The van der Waals surface area contributed by atoms with Gasteiger partial charge in [0, 0.05) is 38.4 Å². The maximum atomic E-state index is 12.6. The molecular formula is C52H74N4O14S2. The fraction of sp³-hybridized carbons (Fsp3) is 0.615. The van der Waals surface area contributed by atoms with Crippen molar-refractivity contribution in [3.05, 3.63) is 71.8 Å². The summed E-state index contributed by atoms with van der Waals surface area (Å²) in [5.74, 6) is 0.733. The van der Waals surface area contributed by atoms with Gasteiger partial charge in [-0.1, -0.05) is 61.6 Å². The first kappa shape index (κ1) is 58.0. The molecule has 4 aliphatic rings. The molecule has 0 aromatic heterocycles. The number of amides is 2. The van der Waals surface area contributed by atoms with Gasteiger partial charge in [0.2, 0.25) is 0 Å². The fourth-order valence-corrected chi connectivity index (χ4v) is 10.3. The van der Waals surface area contributed by atoms with E-state index in [9.17, 15) is 19.2 Å². The first-order valence-electron chi connectivity index (χ1n) is 24.3. The summed E-state index contributed by atoms with van der Waals surface area (Å²) in [5, 5.41) is 1.02. The number of hydrogen-bond donors (Lipinski definition) is 0. The molecule has 72 heavy (non-hydrogen) atoms. The second-order valence-corrected chi connectivity index (χ2v) is 21.7. The summed E-state index contributed by atoms with van der Waals surface area (Å²) in [6, 6.07) is 14.8. The van der Waals surface area contributed by atoms with Gasteiger partial charge in [-0.3, -0.25) is 24.6 Å². The van der Waals surface area contributed by atoms with Crippen LogP contribution in [0.2, 0.25) is 0 Å². The van der Waals surface area contributed by atoms with Crippen LogP contribution in [0.1, 0.15) is 93.2 Å². The third-order valence-electron chi connectivity index (χ3n) is 11.7. The van der Waals surface area contributed by atoms with E-state index in [-0.39, 0.29) is 60.1 Å². The molecule has 20 heteroatoms. The van der Waals surface area contributed by atoms with E-state index in [1.165, 1.54) is 39.4 Å². The van der Waals surface area contributed by atoms with E-state index in [1.807, 2.05) is 97.0 Å². The molecule has 0 N–H and O–H groups in total. The number of carbonyl (C=O) groups excluding carboxylic acids is 4. The monoisotopic (exact) mass is 1040 g/mol. The van der Waals surface area contributed by atoms with Crippen LogP contribution in [0.25, 0.3) is 0 Å². The molecule has 0 radical (unpaired) electrons. The summed E-state index contributed by atoms with van der Waals surface area (Å²) in [7, 11) is 6.53. The number of aliphatic imine (C=N–C) groups is 2. The quantitative estimate of drug-likeness (QED) is 0.0931.